The van der Waals surface area contributed by atoms with E-state index >= 15 is 0 Å². The van der Waals surface area contributed by atoms with Gasteiger partial charge < -0.3 is 5.73 Å². The molecule has 0 aromatic heterocycles. The minimum atomic E-state index is -4.42. The maximum Gasteiger partial charge on any atom is 0.411 e. The van der Waals surface area contributed by atoms with Gasteiger partial charge in [0.25, 0.3) is 0 Å². The summed E-state index contributed by atoms with van der Waals surface area (Å²) in [7, 11) is 0. The highest BCUT2D eigenvalue weighted by atomic mass is 19.4. The standard InChI is InChI=1S/C6H7F3N2/c7-6(8,9)5(10)2-1-3-11-4-5/h1-3H,4,10H2. The van der Waals surface area contributed by atoms with Crippen LogP contribution in [0.5, 0.6) is 0 Å². The quantitative estimate of drug-likeness (QED) is 0.567. The summed E-state index contributed by atoms with van der Waals surface area (Å²) >= 11 is 0. The third-order valence-electron chi connectivity index (χ3n) is 1.47. The predicted octanol–water partition coefficient (Wildman–Crippen LogP) is 0.887. The number of hydrogen-bond donors (Lipinski definition) is 1. The Balaban J connectivity index is 2.84. The summed E-state index contributed by atoms with van der Waals surface area (Å²) in [4.78, 5) is 3.44. The number of dihydropyridines is 1. The van der Waals surface area contributed by atoms with E-state index < -0.39 is 18.3 Å². The maximum atomic E-state index is 12.1. The van der Waals surface area contributed by atoms with E-state index in [2.05, 4.69) is 4.99 Å². The van der Waals surface area contributed by atoms with Crippen molar-refractivity contribution in [3.63, 3.8) is 0 Å². The molecule has 0 aliphatic carbocycles. The van der Waals surface area contributed by atoms with Gasteiger partial charge in [-0.2, -0.15) is 13.2 Å². The molecule has 5 heteroatoms. The lowest BCUT2D eigenvalue weighted by atomic mass is 9.98. The molecule has 1 atom stereocenters. The van der Waals surface area contributed by atoms with Crippen molar-refractivity contribution in [2.45, 2.75) is 11.7 Å². The molecule has 0 bridgehead atoms. The molecule has 1 unspecified atom stereocenters. The largest absolute Gasteiger partial charge is 0.411 e. The molecular formula is C6H7F3N2. The molecule has 2 nitrogen and oxygen atoms in total. The van der Waals surface area contributed by atoms with Crippen molar-refractivity contribution in [2.24, 2.45) is 10.7 Å². The summed E-state index contributed by atoms with van der Waals surface area (Å²) in [5, 5.41) is 0. The van der Waals surface area contributed by atoms with Crippen molar-refractivity contribution in [3.8, 4) is 0 Å². The van der Waals surface area contributed by atoms with Crippen LogP contribution in [-0.4, -0.2) is 24.5 Å². The number of rotatable bonds is 0. The van der Waals surface area contributed by atoms with Crippen molar-refractivity contribution in [1.29, 1.82) is 0 Å². The first-order valence-electron chi connectivity index (χ1n) is 2.99. The Morgan fingerprint density at radius 3 is 2.36 bits per heavy atom. The molecule has 0 radical (unpaired) electrons. The van der Waals surface area contributed by atoms with E-state index in [1.54, 1.807) is 0 Å². The average Bonchev–Trinajstić information content (AvgIpc) is 1.87. The minimum absolute atomic E-state index is 0.424. The maximum absolute atomic E-state index is 12.1. The van der Waals surface area contributed by atoms with Crippen LogP contribution in [0.3, 0.4) is 0 Å². The van der Waals surface area contributed by atoms with Crippen LogP contribution in [0.1, 0.15) is 0 Å². The lowest BCUT2D eigenvalue weighted by molar-refractivity contribution is -0.168. The number of alkyl halides is 3. The molecule has 0 spiro atoms. The van der Waals surface area contributed by atoms with Gasteiger partial charge in [-0.3, -0.25) is 4.99 Å². The zero-order chi connectivity index (χ0) is 8.54. The Labute approximate surface area is 61.6 Å². The van der Waals surface area contributed by atoms with Crippen molar-refractivity contribution in [1.82, 2.24) is 0 Å². The highest BCUT2D eigenvalue weighted by Crippen LogP contribution is 2.30. The number of aliphatic imine (C=N–C) groups is 1. The molecule has 1 rings (SSSR count). The van der Waals surface area contributed by atoms with Crippen LogP contribution in [0.2, 0.25) is 0 Å². The lowest BCUT2D eigenvalue weighted by Crippen LogP contribution is -2.55. The second-order valence-corrected chi connectivity index (χ2v) is 2.39. The lowest BCUT2D eigenvalue weighted by Gasteiger charge is -2.27. The SMILES string of the molecule is NC1(C(F)(F)F)C=CC=NC1. The summed E-state index contributed by atoms with van der Waals surface area (Å²) in [6, 6.07) is 0. The Bertz CT molecular complexity index is 206. The Morgan fingerprint density at radius 2 is 2.09 bits per heavy atom. The van der Waals surface area contributed by atoms with Crippen molar-refractivity contribution in [2.75, 3.05) is 6.54 Å². The van der Waals surface area contributed by atoms with Crippen molar-refractivity contribution < 1.29 is 13.2 Å². The highest BCUT2D eigenvalue weighted by molar-refractivity contribution is 5.72. The zero-order valence-corrected chi connectivity index (χ0v) is 5.60. The minimum Gasteiger partial charge on any atom is -0.313 e. The number of nitrogens with zero attached hydrogens (tertiary/aromatic N) is 1. The van der Waals surface area contributed by atoms with Crippen molar-refractivity contribution in [3.05, 3.63) is 12.2 Å². The molecule has 0 saturated heterocycles. The molecule has 2 N–H and O–H groups in total. The van der Waals surface area contributed by atoms with Gasteiger partial charge in [-0.15, -0.1) is 0 Å². The van der Waals surface area contributed by atoms with Crippen molar-refractivity contribution >= 4 is 6.21 Å². The molecule has 0 aromatic rings. The molecule has 1 aliphatic rings. The zero-order valence-electron chi connectivity index (χ0n) is 5.60. The normalized spacial score (nSPS) is 30.9. The monoisotopic (exact) mass is 164 g/mol. The van der Waals surface area contributed by atoms with Crippen LogP contribution in [0, 0.1) is 0 Å². The van der Waals surface area contributed by atoms with E-state index in [1.165, 1.54) is 12.3 Å². The van der Waals surface area contributed by atoms with Gasteiger partial charge in [0, 0.05) is 6.21 Å². The molecule has 0 saturated carbocycles. The van der Waals surface area contributed by atoms with Crippen LogP contribution in [0.15, 0.2) is 17.1 Å². The van der Waals surface area contributed by atoms with Crippen LogP contribution in [-0.2, 0) is 0 Å². The van der Waals surface area contributed by atoms with E-state index in [4.69, 9.17) is 5.73 Å². The van der Waals surface area contributed by atoms with Gasteiger partial charge in [-0.1, -0.05) is 6.08 Å². The third-order valence-corrected chi connectivity index (χ3v) is 1.47. The Kier molecular flexibility index (Phi) is 1.75. The predicted molar refractivity (Wildman–Crippen MR) is 35.5 cm³/mol. The van der Waals surface area contributed by atoms with E-state index in [-0.39, 0.29) is 0 Å². The number of nitrogens with two attached hydrogens (primary N) is 1. The van der Waals surface area contributed by atoms with E-state index in [1.807, 2.05) is 0 Å². The Hall–Kier alpha value is -0.840. The van der Waals surface area contributed by atoms with E-state index in [9.17, 15) is 13.2 Å². The van der Waals surface area contributed by atoms with Gasteiger partial charge in [0.2, 0.25) is 0 Å². The molecule has 1 aliphatic heterocycles. The van der Waals surface area contributed by atoms with Crippen LogP contribution < -0.4 is 5.73 Å². The fourth-order valence-corrected chi connectivity index (χ4v) is 0.716. The van der Waals surface area contributed by atoms with Crippen LogP contribution in [0.25, 0.3) is 0 Å². The molecule has 0 aromatic carbocycles. The fourth-order valence-electron chi connectivity index (χ4n) is 0.716. The summed E-state index contributed by atoms with van der Waals surface area (Å²) < 4.78 is 36.2. The molecular weight excluding hydrogens is 157 g/mol. The first kappa shape index (κ1) is 8.26. The van der Waals surface area contributed by atoms with Gasteiger partial charge in [0.15, 0.2) is 5.54 Å². The summed E-state index contributed by atoms with van der Waals surface area (Å²) in [5.41, 5.74) is 2.75. The number of halogens is 3. The summed E-state index contributed by atoms with van der Waals surface area (Å²) in [6.45, 7) is -0.424. The van der Waals surface area contributed by atoms with Crippen LogP contribution >= 0.6 is 0 Å². The number of allylic oxidation sites excluding steroid dienone is 1. The van der Waals surface area contributed by atoms with E-state index in [0.717, 1.165) is 6.08 Å². The van der Waals surface area contributed by atoms with Gasteiger partial charge in [-0.25, -0.2) is 0 Å². The van der Waals surface area contributed by atoms with Gasteiger partial charge >= 0.3 is 6.18 Å². The molecule has 11 heavy (non-hydrogen) atoms. The van der Waals surface area contributed by atoms with Gasteiger partial charge in [0.05, 0.1) is 6.54 Å². The average molecular weight is 164 g/mol. The van der Waals surface area contributed by atoms with Gasteiger partial charge in [0.1, 0.15) is 0 Å². The first-order valence-corrected chi connectivity index (χ1v) is 2.99. The second kappa shape index (κ2) is 2.34. The molecule has 0 amide bonds. The molecule has 1 heterocycles. The second-order valence-electron chi connectivity index (χ2n) is 2.39. The Morgan fingerprint density at radius 1 is 1.45 bits per heavy atom. The third kappa shape index (κ3) is 1.42. The smallest absolute Gasteiger partial charge is 0.313 e. The molecule has 62 valence electrons. The fraction of sp³-hybridized carbons (Fsp3) is 0.500. The number of hydrogen-bond acceptors (Lipinski definition) is 2. The topological polar surface area (TPSA) is 38.4 Å². The van der Waals surface area contributed by atoms with Crippen LogP contribution in [0.4, 0.5) is 13.2 Å². The summed E-state index contributed by atoms with van der Waals surface area (Å²) in [6.07, 6.45) is -0.991. The van der Waals surface area contributed by atoms with E-state index in [0.29, 0.717) is 0 Å². The first-order chi connectivity index (χ1) is 4.96. The summed E-state index contributed by atoms with van der Waals surface area (Å²) in [5.74, 6) is 0. The van der Waals surface area contributed by atoms with Gasteiger partial charge in [-0.05, 0) is 6.08 Å². The highest BCUT2D eigenvalue weighted by Gasteiger charge is 2.50. The molecule has 0 fully saturated rings.